The summed E-state index contributed by atoms with van der Waals surface area (Å²) in [7, 11) is 4.23. The summed E-state index contributed by atoms with van der Waals surface area (Å²) in [5.41, 5.74) is 12.8. The van der Waals surface area contributed by atoms with Gasteiger partial charge < -0.3 is 9.13 Å². The monoisotopic (exact) mass is 569 g/mol. The average molecular weight is 570 g/mol. The van der Waals surface area contributed by atoms with Gasteiger partial charge in [-0.1, -0.05) is 57.2 Å². The molecule has 4 nitrogen and oxygen atoms in total. The van der Waals surface area contributed by atoms with Crippen LogP contribution in [-0.4, -0.2) is 14.1 Å². The Balaban J connectivity index is 0.000000186. The van der Waals surface area contributed by atoms with E-state index in [1.165, 1.54) is 84.4 Å². The summed E-state index contributed by atoms with van der Waals surface area (Å²) < 4.78 is 6.92. The van der Waals surface area contributed by atoms with Gasteiger partial charge in [0.1, 0.15) is 12.6 Å². The Kier molecular flexibility index (Phi) is 8.41. The van der Waals surface area contributed by atoms with Gasteiger partial charge in [-0.05, 0) is 74.2 Å². The molecule has 0 aliphatic rings. The van der Waals surface area contributed by atoms with Crippen molar-refractivity contribution in [1.29, 1.82) is 0 Å². The van der Waals surface area contributed by atoms with Crippen LogP contribution < -0.4 is 4.57 Å². The lowest BCUT2D eigenvalue weighted by Gasteiger charge is -2.12. The van der Waals surface area contributed by atoms with E-state index < -0.39 is 0 Å². The van der Waals surface area contributed by atoms with Crippen LogP contribution in [0.3, 0.4) is 0 Å². The predicted octanol–water partition coefficient (Wildman–Crippen LogP) is 9.68. The molecule has 0 N–H and O–H groups in total. The van der Waals surface area contributed by atoms with Gasteiger partial charge in [0, 0.05) is 70.9 Å². The van der Waals surface area contributed by atoms with Crippen LogP contribution in [0.15, 0.2) is 85.2 Å². The summed E-state index contributed by atoms with van der Waals surface area (Å²) in [5.74, 6) is 0. The van der Waals surface area contributed by atoms with Crippen molar-refractivity contribution in [2.75, 3.05) is 0 Å². The van der Waals surface area contributed by atoms with Crippen LogP contribution in [0.1, 0.15) is 49.6 Å². The molecule has 4 heteroatoms. The summed E-state index contributed by atoms with van der Waals surface area (Å²) in [6.07, 6.45) is 6.45. The summed E-state index contributed by atoms with van der Waals surface area (Å²) in [4.78, 5) is 4.83. The first kappa shape index (κ1) is 30.0. The summed E-state index contributed by atoms with van der Waals surface area (Å²) in [5, 5.41) is 5.30. The second-order valence-electron chi connectivity index (χ2n) is 11.7. The first-order chi connectivity index (χ1) is 20.3. The SMILES string of the molecule is C.CCCCn1c2ccccc2c2ccnc(-c3cc(C)c(C)c(C)c3)c21.Cc1c2c(cc[n+]1C)c1ccccc1n2C. The fourth-order valence-electron chi connectivity index (χ4n) is 6.43. The van der Waals surface area contributed by atoms with E-state index in [2.05, 4.69) is 141 Å². The molecule has 7 rings (SSSR count). The van der Waals surface area contributed by atoms with Crippen molar-refractivity contribution in [1.82, 2.24) is 14.1 Å². The lowest BCUT2D eigenvalue weighted by atomic mass is 9.98. The zero-order valence-electron chi connectivity index (χ0n) is 26.0. The maximum absolute atomic E-state index is 4.83. The molecular formula is C39H45N4+. The largest absolute Gasteiger partial charge is 0.339 e. The number of aromatic nitrogens is 4. The number of aryl methyl sites for hydroxylation is 6. The highest BCUT2D eigenvalue weighted by Gasteiger charge is 2.17. The van der Waals surface area contributed by atoms with E-state index in [0.29, 0.717) is 0 Å². The van der Waals surface area contributed by atoms with Gasteiger partial charge >= 0.3 is 0 Å². The minimum atomic E-state index is 0. The molecule has 4 aromatic heterocycles. The van der Waals surface area contributed by atoms with E-state index in [-0.39, 0.29) is 7.43 Å². The third kappa shape index (κ3) is 5.09. The summed E-state index contributed by atoms with van der Waals surface area (Å²) in [6.45, 7) is 12.0. The molecule has 0 saturated heterocycles. The van der Waals surface area contributed by atoms with Crippen LogP contribution in [0.5, 0.6) is 0 Å². The number of para-hydroxylation sites is 2. The molecule has 0 aliphatic carbocycles. The fourth-order valence-corrected chi connectivity index (χ4v) is 6.43. The molecule has 220 valence electrons. The maximum atomic E-state index is 4.83. The number of unbranched alkanes of at least 4 members (excludes halogenated alkanes) is 1. The number of rotatable bonds is 4. The molecule has 0 amide bonds. The zero-order chi connectivity index (χ0) is 29.5. The van der Waals surface area contributed by atoms with Crippen LogP contribution in [0, 0.1) is 27.7 Å². The Morgan fingerprint density at radius 2 is 1.35 bits per heavy atom. The van der Waals surface area contributed by atoms with Crippen molar-refractivity contribution >= 4 is 43.6 Å². The van der Waals surface area contributed by atoms with Gasteiger partial charge in [0.05, 0.1) is 11.2 Å². The normalized spacial score (nSPS) is 11.2. The second-order valence-corrected chi connectivity index (χ2v) is 11.7. The van der Waals surface area contributed by atoms with Gasteiger partial charge in [-0.2, -0.15) is 0 Å². The molecule has 0 bridgehead atoms. The molecular weight excluding hydrogens is 524 g/mol. The predicted molar refractivity (Wildman–Crippen MR) is 185 cm³/mol. The number of hydrogen-bond acceptors (Lipinski definition) is 1. The van der Waals surface area contributed by atoms with Gasteiger partial charge in [-0.15, -0.1) is 0 Å². The average Bonchev–Trinajstić information content (AvgIpc) is 3.49. The first-order valence-corrected chi connectivity index (χ1v) is 15.1. The van der Waals surface area contributed by atoms with Crippen LogP contribution in [0.25, 0.3) is 54.9 Å². The number of hydrogen-bond donors (Lipinski definition) is 0. The maximum Gasteiger partial charge on any atom is 0.202 e. The molecule has 0 radical (unpaired) electrons. The van der Waals surface area contributed by atoms with E-state index in [4.69, 9.17) is 4.98 Å². The highest BCUT2D eigenvalue weighted by Crippen LogP contribution is 2.36. The molecule has 0 aliphatic heterocycles. The molecule has 0 atom stereocenters. The van der Waals surface area contributed by atoms with Crippen molar-refractivity contribution in [3.05, 3.63) is 108 Å². The van der Waals surface area contributed by atoms with Gasteiger partial charge in [0.2, 0.25) is 5.69 Å². The molecule has 3 aromatic carbocycles. The van der Waals surface area contributed by atoms with E-state index >= 15 is 0 Å². The molecule has 0 unspecified atom stereocenters. The number of nitrogens with zero attached hydrogens (tertiary/aromatic N) is 4. The molecule has 0 spiro atoms. The number of fused-ring (bicyclic) bond motifs is 6. The zero-order valence-corrected chi connectivity index (χ0v) is 26.0. The Bertz CT molecular complexity index is 2070. The molecule has 43 heavy (non-hydrogen) atoms. The van der Waals surface area contributed by atoms with Gasteiger partial charge in [-0.25, -0.2) is 4.57 Å². The standard InChI is InChI=1S/C24H26N2.C14H15N2.CH4/c1-5-6-13-26-22-10-8-7-9-20(22)21-11-12-25-23(24(21)26)19-14-16(2)18(4)17(3)15-19;1-10-14-12(8-9-15(10)2)11-6-4-5-7-13(11)16(14)3;/h7-12,14-15H,5-6,13H2,1-4H3;4-9H,1-3H3;1H4/q;+1;. The Hall–Kier alpha value is -4.44. The van der Waals surface area contributed by atoms with E-state index in [0.717, 1.165) is 12.2 Å². The van der Waals surface area contributed by atoms with Crippen molar-refractivity contribution in [3.8, 4) is 11.3 Å². The number of benzene rings is 3. The van der Waals surface area contributed by atoms with Crippen molar-refractivity contribution in [3.63, 3.8) is 0 Å². The molecule has 0 saturated carbocycles. The van der Waals surface area contributed by atoms with E-state index in [1.807, 2.05) is 6.20 Å². The van der Waals surface area contributed by atoms with Crippen molar-refractivity contribution in [2.45, 2.75) is 61.4 Å². The van der Waals surface area contributed by atoms with Crippen LogP contribution in [0.2, 0.25) is 0 Å². The Labute approximate surface area is 256 Å². The van der Waals surface area contributed by atoms with Gasteiger partial charge in [-0.3, -0.25) is 4.98 Å². The van der Waals surface area contributed by atoms with Gasteiger partial charge in [0.25, 0.3) is 0 Å². The van der Waals surface area contributed by atoms with Gasteiger partial charge in [0.15, 0.2) is 6.20 Å². The Morgan fingerprint density at radius 1 is 0.744 bits per heavy atom. The molecule has 0 fully saturated rings. The fraction of sp³-hybridized carbons (Fsp3) is 0.282. The smallest absolute Gasteiger partial charge is 0.202 e. The topological polar surface area (TPSA) is 26.6 Å². The lowest BCUT2D eigenvalue weighted by Crippen LogP contribution is -2.31. The lowest BCUT2D eigenvalue weighted by molar-refractivity contribution is -0.676. The Morgan fingerprint density at radius 3 is 2.02 bits per heavy atom. The van der Waals surface area contributed by atoms with E-state index in [9.17, 15) is 0 Å². The van der Waals surface area contributed by atoms with Crippen molar-refractivity contribution in [2.24, 2.45) is 14.1 Å². The molecule has 4 heterocycles. The minimum Gasteiger partial charge on any atom is -0.339 e. The highest BCUT2D eigenvalue weighted by molar-refractivity contribution is 6.12. The second kappa shape index (κ2) is 12.0. The van der Waals surface area contributed by atoms with E-state index in [1.54, 1.807) is 0 Å². The minimum absolute atomic E-state index is 0. The van der Waals surface area contributed by atoms with Crippen LogP contribution in [0.4, 0.5) is 0 Å². The quantitative estimate of drug-likeness (QED) is 0.194. The third-order valence-corrected chi connectivity index (χ3v) is 9.10. The highest BCUT2D eigenvalue weighted by atomic mass is 15.0. The number of pyridine rings is 2. The summed E-state index contributed by atoms with van der Waals surface area (Å²) >= 11 is 0. The summed E-state index contributed by atoms with van der Waals surface area (Å²) in [6, 6.07) is 26.2. The van der Waals surface area contributed by atoms with Crippen molar-refractivity contribution < 1.29 is 4.57 Å². The third-order valence-electron chi connectivity index (χ3n) is 9.10. The van der Waals surface area contributed by atoms with Crippen LogP contribution >= 0.6 is 0 Å². The van der Waals surface area contributed by atoms with Crippen LogP contribution in [-0.2, 0) is 20.6 Å². The first-order valence-electron chi connectivity index (χ1n) is 15.1. The molecule has 7 aromatic rings.